The van der Waals surface area contributed by atoms with Gasteiger partial charge in [0, 0.05) is 6.07 Å². The fraction of sp³-hybridized carbons (Fsp3) is 0.200. The highest BCUT2D eigenvalue weighted by atomic mass is 19.2. The van der Waals surface area contributed by atoms with Crippen molar-refractivity contribution in [2.24, 2.45) is 0 Å². The quantitative estimate of drug-likeness (QED) is 0.689. The summed E-state index contributed by atoms with van der Waals surface area (Å²) in [5, 5.41) is 9.87. The third kappa shape index (κ3) is 3.33. The first-order valence-electron chi connectivity index (χ1n) is 6.10. The van der Waals surface area contributed by atoms with Crippen LogP contribution in [0.15, 0.2) is 30.3 Å². The number of rotatable bonds is 4. The van der Waals surface area contributed by atoms with Crippen molar-refractivity contribution in [2.75, 3.05) is 6.61 Å². The molecule has 0 radical (unpaired) electrons. The van der Waals surface area contributed by atoms with E-state index in [1.54, 1.807) is 31.2 Å². The Morgan fingerprint density at radius 1 is 1.05 bits per heavy atom. The zero-order valence-corrected chi connectivity index (χ0v) is 11.0. The Bertz CT molecular complexity index is 632. The van der Waals surface area contributed by atoms with Gasteiger partial charge in [-0.05, 0) is 12.5 Å². The number of hydrogen-bond donors (Lipinski definition) is 1. The van der Waals surface area contributed by atoms with Crippen molar-refractivity contribution in [3.8, 4) is 5.75 Å². The van der Waals surface area contributed by atoms with E-state index in [4.69, 9.17) is 4.74 Å². The predicted octanol–water partition coefficient (Wildman–Crippen LogP) is 3.66. The Hall–Kier alpha value is -2.08. The molecule has 0 saturated heterocycles. The minimum Gasteiger partial charge on any atom is -0.484 e. The summed E-state index contributed by atoms with van der Waals surface area (Å²) in [5.74, 6) is -7.57. The summed E-state index contributed by atoms with van der Waals surface area (Å²) in [6.45, 7) is 1.26. The molecule has 0 aliphatic rings. The van der Waals surface area contributed by atoms with Gasteiger partial charge in [0.1, 0.15) is 12.7 Å². The lowest BCUT2D eigenvalue weighted by atomic mass is 10.1. The molecule has 0 heterocycles. The summed E-state index contributed by atoms with van der Waals surface area (Å²) in [6, 6.07) is 6.84. The third-order valence-corrected chi connectivity index (χ3v) is 2.88. The standard InChI is InChI=1S/C15H12F4O2/c1-8-3-2-4-9(5-8)12(20)7-21-15-13(18)10(16)6-11(17)14(15)19/h2-6,12,20H,7H2,1H3. The average molecular weight is 300 g/mol. The van der Waals surface area contributed by atoms with Gasteiger partial charge in [-0.25, -0.2) is 8.78 Å². The van der Waals surface area contributed by atoms with Crippen LogP contribution in [0.1, 0.15) is 17.2 Å². The third-order valence-electron chi connectivity index (χ3n) is 2.88. The van der Waals surface area contributed by atoms with E-state index >= 15 is 0 Å². The Labute approximate surface area is 118 Å². The van der Waals surface area contributed by atoms with Crippen LogP contribution < -0.4 is 4.74 Å². The molecule has 1 N–H and O–H groups in total. The van der Waals surface area contributed by atoms with Gasteiger partial charge in [-0.3, -0.25) is 0 Å². The molecule has 2 nitrogen and oxygen atoms in total. The number of aliphatic hydroxyl groups is 1. The predicted molar refractivity (Wildman–Crippen MR) is 67.9 cm³/mol. The molecule has 0 bridgehead atoms. The number of aliphatic hydroxyl groups excluding tert-OH is 1. The molecule has 0 aliphatic carbocycles. The van der Waals surface area contributed by atoms with E-state index < -0.39 is 41.7 Å². The van der Waals surface area contributed by atoms with Gasteiger partial charge in [0.15, 0.2) is 17.4 Å². The molecule has 2 aromatic carbocycles. The Morgan fingerprint density at radius 3 is 2.24 bits per heavy atom. The largest absolute Gasteiger partial charge is 0.484 e. The van der Waals surface area contributed by atoms with Crippen LogP contribution in [-0.4, -0.2) is 11.7 Å². The summed E-state index contributed by atoms with van der Waals surface area (Å²) < 4.78 is 57.4. The van der Waals surface area contributed by atoms with E-state index in [1.165, 1.54) is 0 Å². The Morgan fingerprint density at radius 2 is 1.67 bits per heavy atom. The van der Waals surface area contributed by atoms with Gasteiger partial charge < -0.3 is 9.84 Å². The van der Waals surface area contributed by atoms with E-state index in [0.717, 1.165) is 5.56 Å². The molecule has 0 spiro atoms. The summed E-state index contributed by atoms with van der Waals surface area (Å²) in [6.07, 6.45) is -1.19. The topological polar surface area (TPSA) is 29.5 Å². The highest BCUT2D eigenvalue weighted by Crippen LogP contribution is 2.27. The van der Waals surface area contributed by atoms with Gasteiger partial charge >= 0.3 is 0 Å². The molecule has 2 aromatic rings. The van der Waals surface area contributed by atoms with Crippen LogP contribution >= 0.6 is 0 Å². The monoisotopic (exact) mass is 300 g/mol. The van der Waals surface area contributed by atoms with Crippen LogP contribution in [0.3, 0.4) is 0 Å². The molecule has 0 saturated carbocycles. The van der Waals surface area contributed by atoms with Crippen molar-refractivity contribution in [1.82, 2.24) is 0 Å². The van der Waals surface area contributed by atoms with Crippen LogP contribution in [0, 0.1) is 30.2 Å². The van der Waals surface area contributed by atoms with Crippen molar-refractivity contribution < 1.29 is 27.4 Å². The van der Waals surface area contributed by atoms with Gasteiger partial charge in [0.25, 0.3) is 0 Å². The van der Waals surface area contributed by atoms with Gasteiger partial charge in [-0.2, -0.15) is 8.78 Å². The molecule has 2 rings (SSSR count). The number of ether oxygens (including phenoxy) is 1. The number of hydrogen-bond acceptors (Lipinski definition) is 2. The maximum absolute atomic E-state index is 13.4. The normalized spacial score (nSPS) is 12.3. The highest BCUT2D eigenvalue weighted by Gasteiger charge is 2.21. The first kappa shape index (κ1) is 15.3. The molecule has 0 aliphatic heterocycles. The molecule has 0 aromatic heterocycles. The van der Waals surface area contributed by atoms with Crippen LogP contribution in [0.5, 0.6) is 5.75 Å². The molecule has 21 heavy (non-hydrogen) atoms. The summed E-state index contributed by atoms with van der Waals surface area (Å²) in [7, 11) is 0. The molecule has 1 unspecified atom stereocenters. The number of aryl methyl sites for hydroxylation is 1. The van der Waals surface area contributed by atoms with Crippen LogP contribution in [0.2, 0.25) is 0 Å². The van der Waals surface area contributed by atoms with E-state index in [-0.39, 0.29) is 6.07 Å². The van der Waals surface area contributed by atoms with E-state index in [0.29, 0.717) is 5.56 Å². The van der Waals surface area contributed by atoms with Crippen molar-refractivity contribution in [3.63, 3.8) is 0 Å². The van der Waals surface area contributed by atoms with Crippen LogP contribution in [0.25, 0.3) is 0 Å². The second-order valence-corrected chi connectivity index (χ2v) is 4.54. The van der Waals surface area contributed by atoms with Crippen molar-refractivity contribution in [3.05, 3.63) is 64.7 Å². The van der Waals surface area contributed by atoms with Gasteiger partial charge in [-0.1, -0.05) is 29.8 Å². The zero-order valence-electron chi connectivity index (χ0n) is 11.0. The van der Waals surface area contributed by atoms with Crippen LogP contribution in [-0.2, 0) is 0 Å². The smallest absolute Gasteiger partial charge is 0.203 e. The summed E-state index contributed by atoms with van der Waals surface area (Å²) >= 11 is 0. The van der Waals surface area contributed by atoms with E-state index in [1.807, 2.05) is 0 Å². The molecular weight excluding hydrogens is 288 g/mol. The minimum absolute atomic E-state index is 0.0918. The van der Waals surface area contributed by atoms with Gasteiger partial charge in [0.05, 0.1) is 0 Å². The minimum atomic E-state index is -1.63. The first-order valence-corrected chi connectivity index (χ1v) is 6.10. The fourth-order valence-corrected chi connectivity index (χ4v) is 1.81. The second kappa shape index (κ2) is 6.13. The number of halogens is 4. The molecule has 6 heteroatoms. The Balaban J connectivity index is 2.17. The van der Waals surface area contributed by atoms with E-state index in [2.05, 4.69) is 0 Å². The average Bonchev–Trinajstić information content (AvgIpc) is 2.45. The molecule has 1 atom stereocenters. The first-order chi connectivity index (χ1) is 9.90. The van der Waals surface area contributed by atoms with Crippen molar-refractivity contribution in [1.29, 1.82) is 0 Å². The molecule has 0 amide bonds. The highest BCUT2D eigenvalue weighted by molar-refractivity contribution is 5.29. The molecular formula is C15H12F4O2. The molecule has 112 valence electrons. The fourth-order valence-electron chi connectivity index (χ4n) is 1.81. The van der Waals surface area contributed by atoms with Gasteiger partial charge in [-0.15, -0.1) is 0 Å². The zero-order chi connectivity index (χ0) is 15.6. The maximum atomic E-state index is 13.4. The SMILES string of the molecule is Cc1cccc(C(O)COc2c(F)c(F)cc(F)c2F)c1. The van der Waals surface area contributed by atoms with Crippen molar-refractivity contribution in [2.45, 2.75) is 13.0 Å². The van der Waals surface area contributed by atoms with Gasteiger partial charge in [0.2, 0.25) is 11.6 Å². The van der Waals surface area contributed by atoms with Crippen LogP contribution in [0.4, 0.5) is 17.6 Å². The number of benzene rings is 2. The second-order valence-electron chi connectivity index (χ2n) is 4.54. The maximum Gasteiger partial charge on any atom is 0.203 e. The lowest BCUT2D eigenvalue weighted by molar-refractivity contribution is 0.102. The van der Waals surface area contributed by atoms with Crippen molar-refractivity contribution >= 4 is 0 Å². The lowest BCUT2D eigenvalue weighted by Crippen LogP contribution is -2.12. The lowest BCUT2D eigenvalue weighted by Gasteiger charge is -2.14. The summed E-state index contributed by atoms with van der Waals surface area (Å²) in [4.78, 5) is 0. The Kier molecular flexibility index (Phi) is 4.47. The van der Waals surface area contributed by atoms with E-state index in [9.17, 15) is 22.7 Å². The summed E-state index contributed by atoms with van der Waals surface area (Å²) in [5.41, 5.74) is 1.34. The molecule has 0 fully saturated rings.